The van der Waals surface area contributed by atoms with Crippen LogP contribution in [0, 0.1) is 6.92 Å². The van der Waals surface area contributed by atoms with Gasteiger partial charge in [-0.15, -0.1) is 0 Å². The lowest BCUT2D eigenvalue weighted by Crippen LogP contribution is -2.20. The van der Waals surface area contributed by atoms with Crippen LogP contribution in [-0.4, -0.2) is 32.8 Å². The molecule has 1 saturated heterocycles. The first-order valence-electron chi connectivity index (χ1n) is 6.73. The highest BCUT2D eigenvalue weighted by Crippen LogP contribution is 2.24. The van der Waals surface area contributed by atoms with E-state index in [1.807, 2.05) is 0 Å². The van der Waals surface area contributed by atoms with Crippen LogP contribution in [0.25, 0.3) is 0 Å². The smallest absolute Gasteiger partial charge is 0.0751 e. The average molecular weight is 248 g/mol. The molecule has 0 aliphatic carbocycles. The highest BCUT2D eigenvalue weighted by atomic mass is 16.5. The van der Waals surface area contributed by atoms with E-state index in [0.717, 1.165) is 6.54 Å². The second-order valence-corrected chi connectivity index (χ2v) is 5.42. The normalized spacial score (nSPS) is 23.1. The summed E-state index contributed by atoms with van der Waals surface area (Å²) in [5.41, 5.74) is 3.74. The van der Waals surface area contributed by atoms with Crippen LogP contribution in [0.3, 0.4) is 0 Å². The SMILES string of the molecule is Cc1ccc(NCC2CCC(C)O2)cc1N(C)C. The summed E-state index contributed by atoms with van der Waals surface area (Å²) in [6.45, 7) is 5.19. The number of nitrogens with zero attached hydrogens (tertiary/aromatic N) is 1. The van der Waals surface area contributed by atoms with E-state index in [1.54, 1.807) is 0 Å². The van der Waals surface area contributed by atoms with Crippen LogP contribution in [0.2, 0.25) is 0 Å². The highest BCUT2D eigenvalue weighted by molar-refractivity contribution is 5.61. The van der Waals surface area contributed by atoms with E-state index in [-0.39, 0.29) is 0 Å². The number of aryl methyl sites for hydroxylation is 1. The van der Waals surface area contributed by atoms with E-state index < -0.39 is 0 Å². The molecule has 3 heteroatoms. The molecule has 0 radical (unpaired) electrons. The number of nitrogens with one attached hydrogen (secondary N) is 1. The zero-order valence-electron chi connectivity index (χ0n) is 11.9. The molecule has 0 spiro atoms. The van der Waals surface area contributed by atoms with Gasteiger partial charge in [0.15, 0.2) is 0 Å². The molecule has 3 nitrogen and oxygen atoms in total. The maximum absolute atomic E-state index is 5.81. The summed E-state index contributed by atoms with van der Waals surface area (Å²) >= 11 is 0. The fourth-order valence-corrected chi connectivity index (χ4v) is 2.47. The second-order valence-electron chi connectivity index (χ2n) is 5.42. The fourth-order valence-electron chi connectivity index (χ4n) is 2.47. The van der Waals surface area contributed by atoms with Crippen molar-refractivity contribution >= 4 is 11.4 Å². The van der Waals surface area contributed by atoms with Gasteiger partial charge in [-0.05, 0) is 44.4 Å². The molecule has 1 aliphatic rings. The molecule has 100 valence electrons. The van der Waals surface area contributed by atoms with E-state index in [4.69, 9.17) is 4.74 Å². The van der Waals surface area contributed by atoms with Crippen LogP contribution >= 0.6 is 0 Å². The molecular formula is C15H24N2O. The third-order valence-corrected chi connectivity index (χ3v) is 3.54. The Hall–Kier alpha value is -1.22. The molecule has 1 aromatic rings. The van der Waals surface area contributed by atoms with Crippen molar-refractivity contribution in [3.05, 3.63) is 23.8 Å². The molecule has 1 heterocycles. The first-order valence-corrected chi connectivity index (χ1v) is 6.73. The zero-order chi connectivity index (χ0) is 13.1. The number of ether oxygens (including phenoxy) is 1. The van der Waals surface area contributed by atoms with Crippen molar-refractivity contribution in [1.29, 1.82) is 0 Å². The van der Waals surface area contributed by atoms with Crippen LogP contribution < -0.4 is 10.2 Å². The molecule has 1 N–H and O–H groups in total. The molecule has 0 saturated carbocycles. The highest BCUT2D eigenvalue weighted by Gasteiger charge is 2.21. The predicted molar refractivity (Wildman–Crippen MR) is 77.6 cm³/mol. The average Bonchev–Trinajstić information content (AvgIpc) is 2.74. The first-order chi connectivity index (χ1) is 8.56. The van der Waals surface area contributed by atoms with Gasteiger partial charge in [0.25, 0.3) is 0 Å². The molecule has 0 bridgehead atoms. The number of anilines is 2. The van der Waals surface area contributed by atoms with Crippen molar-refractivity contribution in [2.75, 3.05) is 30.9 Å². The molecule has 2 atom stereocenters. The van der Waals surface area contributed by atoms with Crippen molar-refractivity contribution < 1.29 is 4.74 Å². The Morgan fingerprint density at radius 2 is 2.11 bits per heavy atom. The van der Waals surface area contributed by atoms with Crippen molar-refractivity contribution in [2.24, 2.45) is 0 Å². The standard InChI is InChI=1S/C15H24N2O/c1-11-5-7-13(9-15(11)17(3)4)16-10-14-8-6-12(2)18-14/h5,7,9,12,14,16H,6,8,10H2,1-4H3. The van der Waals surface area contributed by atoms with Gasteiger partial charge in [-0.1, -0.05) is 6.07 Å². The van der Waals surface area contributed by atoms with Gasteiger partial charge in [0, 0.05) is 32.0 Å². The van der Waals surface area contributed by atoms with Gasteiger partial charge in [0.1, 0.15) is 0 Å². The van der Waals surface area contributed by atoms with E-state index in [9.17, 15) is 0 Å². The number of hydrogen-bond acceptors (Lipinski definition) is 3. The van der Waals surface area contributed by atoms with Gasteiger partial charge in [0.2, 0.25) is 0 Å². The molecule has 2 rings (SSSR count). The summed E-state index contributed by atoms with van der Waals surface area (Å²) < 4.78 is 5.81. The van der Waals surface area contributed by atoms with Gasteiger partial charge in [0.05, 0.1) is 12.2 Å². The van der Waals surface area contributed by atoms with Crippen molar-refractivity contribution in [3.63, 3.8) is 0 Å². The maximum atomic E-state index is 5.81. The van der Waals surface area contributed by atoms with Crippen LogP contribution in [0.4, 0.5) is 11.4 Å². The minimum absolute atomic E-state index is 0.365. The molecule has 1 aliphatic heterocycles. The first kappa shape index (κ1) is 13.2. The third-order valence-electron chi connectivity index (χ3n) is 3.54. The van der Waals surface area contributed by atoms with E-state index >= 15 is 0 Å². The largest absolute Gasteiger partial charge is 0.382 e. The predicted octanol–water partition coefficient (Wildman–Crippen LogP) is 3.04. The molecule has 0 aromatic heterocycles. The lowest BCUT2D eigenvalue weighted by Gasteiger charge is -2.18. The summed E-state index contributed by atoms with van der Waals surface area (Å²) in [5, 5.41) is 3.48. The van der Waals surface area contributed by atoms with Crippen LogP contribution in [0.1, 0.15) is 25.3 Å². The minimum Gasteiger partial charge on any atom is -0.382 e. The summed E-state index contributed by atoms with van der Waals surface area (Å²) in [6, 6.07) is 6.50. The Morgan fingerprint density at radius 3 is 2.72 bits per heavy atom. The van der Waals surface area contributed by atoms with E-state index in [0.29, 0.717) is 12.2 Å². The van der Waals surface area contributed by atoms with Crippen molar-refractivity contribution in [1.82, 2.24) is 0 Å². The lowest BCUT2D eigenvalue weighted by atomic mass is 10.1. The van der Waals surface area contributed by atoms with Gasteiger partial charge in [-0.3, -0.25) is 0 Å². The number of hydrogen-bond donors (Lipinski definition) is 1. The minimum atomic E-state index is 0.365. The van der Waals surface area contributed by atoms with Crippen molar-refractivity contribution in [3.8, 4) is 0 Å². The van der Waals surface area contributed by atoms with Gasteiger partial charge < -0.3 is 15.0 Å². The summed E-state index contributed by atoms with van der Waals surface area (Å²) in [6.07, 6.45) is 3.14. The van der Waals surface area contributed by atoms with Gasteiger partial charge >= 0.3 is 0 Å². The third kappa shape index (κ3) is 3.16. The van der Waals surface area contributed by atoms with E-state index in [1.165, 1.54) is 29.8 Å². The topological polar surface area (TPSA) is 24.5 Å². The van der Waals surface area contributed by atoms with Gasteiger partial charge in [-0.2, -0.15) is 0 Å². The quantitative estimate of drug-likeness (QED) is 0.886. The van der Waals surface area contributed by atoms with Gasteiger partial charge in [-0.25, -0.2) is 0 Å². The Bertz CT molecular complexity index is 403. The Kier molecular flexibility index (Phi) is 4.12. The molecule has 1 fully saturated rings. The Balaban J connectivity index is 1.95. The monoisotopic (exact) mass is 248 g/mol. The maximum Gasteiger partial charge on any atom is 0.0751 e. The Morgan fingerprint density at radius 1 is 1.33 bits per heavy atom. The van der Waals surface area contributed by atoms with E-state index in [2.05, 4.69) is 56.4 Å². The van der Waals surface area contributed by atoms with Crippen LogP contribution in [0.15, 0.2) is 18.2 Å². The molecule has 2 unspecified atom stereocenters. The molecular weight excluding hydrogens is 224 g/mol. The lowest BCUT2D eigenvalue weighted by molar-refractivity contribution is 0.0637. The van der Waals surface area contributed by atoms with Crippen molar-refractivity contribution in [2.45, 2.75) is 38.9 Å². The fraction of sp³-hybridized carbons (Fsp3) is 0.600. The molecule has 0 amide bonds. The Labute approximate surface area is 110 Å². The number of benzene rings is 1. The van der Waals surface area contributed by atoms with Crippen LogP contribution in [0.5, 0.6) is 0 Å². The second kappa shape index (κ2) is 5.61. The summed E-state index contributed by atoms with van der Waals surface area (Å²) in [4.78, 5) is 2.15. The molecule has 1 aromatic carbocycles. The molecule has 18 heavy (non-hydrogen) atoms. The zero-order valence-corrected chi connectivity index (χ0v) is 11.9. The number of rotatable bonds is 4. The van der Waals surface area contributed by atoms with Crippen LogP contribution in [-0.2, 0) is 4.74 Å². The summed E-state index contributed by atoms with van der Waals surface area (Å²) in [5.74, 6) is 0. The summed E-state index contributed by atoms with van der Waals surface area (Å²) in [7, 11) is 4.15.